The van der Waals surface area contributed by atoms with Crippen LogP contribution in [0.2, 0.25) is 0 Å². The molecule has 11 heteroatoms. The van der Waals surface area contributed by atoms with Gasteiger partial charge in [0.2, 0.25) is 22.7 Å². The fraction of sp³-hybridized carbons (Fsp3) is 0.469. The number of morpholine rings is 1. The van der Waals surface area contributed by atoms with Crippen molar-refractivity contribution in [2.45, 2.75) is 50.6 Å². The van der Waals surface area contributed by atoms with Crippen LogP contribution in [0.4, 0.5) is 0 Å². The molecule has 0 atom stereocenters. The first-order valence-electron chi connectivity index (χ1n) is 14.7. The Balaban J connectivity index is 1.37. The third kappa shape index (κ3) is 7.97. The summed E-state index contributed by atoms with van der Waals surface area (Å²) in [6.45, 7) is 10.5. The van der Waals surface area contributed by atoms with Gasteiger partial charge in [0.25, 0.3) is 0 Å². The van der Waals surface area contributed by atoms with E-state index in [1.54, 1.807) is 35.4 Å². The van der Waals surface area contributed by atoms with Crippen LogP contribution in [0.15, 0.2) is 70.2 Å². The number of furan rings is 1. The van der Waals surface area contributed by atoms with E-state index in [9.17, 15) is 13.2 Å². The van der Waals surface area contributed by atoms with Gasteiger partial charge in [-0.3, -0.25) is 9.69 Å². The summed E-state index contributed by atoms with van der Waals surface area (Å²) < 4.78 is 51.3. The van der Waals surface area contributed by atoms with Gasteiger partial charge < -0.3 is 23.5 Å². The molecule has 1 saturated heterocycles. The van der Waals surface area contributed by atoms with Gasteiger partial charge in [0.1, 0.15) is 5.76 Å². The molecule has 1 fully saturated rings. The Morgan fingerprint density at radius 1 is 0.953 bits per heavy atom. The molecule has 2 aliphatic heterocycles. The predicted molar refractivity (Wildman–Crippen MR) is 161 cm³/mol. The van der Waals surface area contributed by atoms with Gasteiger partial charge in [-0.15, -0.1) is 0 Å². The van der Waals surface area contributed by atoms with Crippen LogP contribution in [0.5, 0.6) is 11.5 Å². The Labute approximate surface area is 254 Å². The van der Waals surface area contributed by atoms with Gasteiger partial charge in [0.05, 0.1) is 37.5 Å². The molecule has 2 aliphatic rings. The van der Waals surface area contributed by atoms with Crippen LogP contribution in [0.1, 0.15) is 44.1 Å². The molecule has 0 unspecified atom stereocenters. The number of nitrogens with zero attached hydrogens (tertiary/aromatic N) is 3. The Morgan fingerprint density at radius 3 is 2.40 bits per heavy atom. The average Bonchev–Trinajstić information content (AvgIpc) is 3.68. The standard InChI is InChI=1S/C32H41N3O7S/c1-32(2,3)26-8-10-28(11-9-26)43(37,38)35(14-5-13-33-15-18-39-19-16-33)23-31(36)34(22-27-6-4-17-40-27)21-25-7-12-29-30(20-25)42-24-41-29/h4,6-12,17,20H,5,13-16,18-19,21-24H2,1-3H3. The van der Waals surface area contributed by atoms with Crippen molar-refractivity contribution in [1.29, 1.82) is 0 Å². The molecule has 0 aliphatic carbocycles. The van der Waals surface area contributed by atoms with Gasteiger partial charge in [-0.1, -0.05) is 39.0 Å². The largest absolute Gasteiger partial charge is 0.467 e. The third-order valence-corrected chi connectivity index (χ3v) is 9.60. The predicted octanol–water partition coefficient (Wildman–Crippen LogP) is 4.25. The van der Waals surface area contributed by atoms with Crippen molar-refractivity contribution < 1.29 is 31.8 Å². The number of hydrogen-bond acceptors (Lipinski definition) is 8. The highest BCUT2D eigenvalue weighted by molar-refractivity contribution is 7.89. The maximum absolute atomic E-state index is 14.0. The number of benzene rings is 2. The molecule has 5 rings (SSSR count). The summed E-state index contributed by atoms with van der Waals surface area (Å²) in [7, 11) is -3.96. The summed E-state index contributed by atoms with van der Waals surface area (Å²) in [5.41, 5.74) is 1.76. The fourth-order valence-electron chi connectivity index (χ4n) is 5.19. The van der Waals surface area contributed by atoms with Crippen LogP contribution < -0.4 is 9.47 Å². The Morgan fingerprint density at radius 2 is 1.70 bits per heavy atom. The second kappa shape index (κ2) is 13.5. The molecule has 1 aromatic heterocycles. The molecule has 0 radical (unpaired) electrons. The quantitative estimate of drug-likeness (QED) is 0.300. The van der Waals surface area contributed by atoms with Crippen molar-refractivity contribution in [3.05, 3.63) is 77.7 Å². The molecule has 0 bridgehead atoms. The molecule has 3 aromatic rings. The molecular weight excluding hydrogens is 570 g/mol. The van der Waals surface area contributed by atoms with E-state index in [0.717, 1.165) is 30.8 Å². The van der Waals surface area contributed by atoms with Gasteiger partial charge in [0.15, 0.2) is 11.5 Å². The smallest absolute Gasteiger partial charge is 0.243 e. The Kier molecular flexibility index (Phi) is 9.75. The molecule has 0 spiro atoms. The first-order valence-corrected chi connectivity index (χ1v) is 16.1. The number of hydrogen-bond donors (Lipinski definition) is 0. The van der Waals surface area contributed by atoms with Crippen molar-refractivity contribution >= 4 is 15.9 Å². The van der Waals surface area contributed by atoms with Crippen LogP contribution in [-0.4, -0.2) is 81.2 Å². The summed E-state index contributed by atoms with van der Waals surface area (Å²) in [6, 6.07) is 16.1. The first kappa shape index (κ1) is 31.1. The molecule has 232 valence electrons. The number of ether oxygens (including phenoxy) is 3. The van der Waals surface area contributed by atoms with E-state index in [0.29, 0.717) is 36.9 Å². The zero-order valence-electron chi connectivity index (χ0n) is 25.2. The fourth-order valence-corrected chi connectivity index (χ4v) is 6.62. The molecule has 0 N–H and O–H groups in total. The van der Waals surface area contributed by atoms with Crippen LogP contribution in [-0.2, 0) is 38.1 Å². The number of rotatable bonds is 12. The van der Waals surface area contributed by atoms with E-state index in [1.807, 2.05) is 30.3 Å². The number of carbonyl (C=O) groups excluding carboxylic acids is 1. The molecule has 10 nitrogen and oxygen atoms in total. The maximum atomic E-state index is 14.0. The van der Waals surface area contributed by atoms with Crippen molar-refractivity contribution in [3.8, 4) is 11.5 Å². The highest BCUT2D eigenvalue weighted by Crippen LogP contribution is 2.33. The van der Waals surface area contributed by atoms with Gasteiger partial charge in [-0.25, -0.2) is 8.42 Å². The first-order chi connectivity index (χ1) is 20.6. The molecule has 43 heavy (non-hydrogen) atoms. The van der Waals surface area contributed by atoms with Gasteiger partial charge >= 0.3 is 0 Å². The molecule has 0 saturated carbocycles. The average molecular weight is 612 g/mol. The molecular formula is C32H41N3O7S. The van der Waals surface area contributed by atoms with Gasteiger partial charge in [-0.05, 0) is 65.9 Å². The summed E-state index contributed by atoms with van der Waals surface area (Å²) in [6.07, 6.45) is 2.15. The van der Waals surface area contributed by atoms with Gasteiger partial charge in [-0.2, -0.15) is 4.31 Å². The third-order valence-electron chi connectivity index (χ3n) is 7.75. The van der Waals surface area contributed by atoms with E-state index in [1.165, 1.54) is 4.31 Å². The molecule has 3 heterocycles. The van der Waals surface area contributed by atoms with Gasteiger partial charge in [0, 0.05) is 26.2 Å². The summed E-state index contributed by atoms with van der Waals surface area (Å²) in [5, 5.41) is 0. The van der Waals surface area contributed by atoms with Crippen molar-refractivity contribution in [1.82, 2.24) is 14.1 Å². The maximum Gasteiger partial charge on any atom is 0.243 e. The minimum absolute atomic E-state index is 0.114. The number of fused-ring (bicyclic) bond motifs is 1. The van der Waals surface area contributed by atoms with E-state index in [-0.39, 0.29) is 49.2 Å². The highest BCUT2D eigenvalue weighted by atomic mass is 32.2. The summed E-state index contributed by atoms with van der Waals surface area (Å²) in [4.78, 5) is 18.0. The van der Waals surface area contributed by atoms with E-state index in [4.69, 9.17) is 18.6 Å². The second-order valence-electron chi connectivity index (χ2n) is 11.9. The van der Waals surface area contributed by atoms with Crippen molar-refractivity contribution in [2.24, 2.45) is 0 Å². The lowest BCUT2D eigenvalue weighted by molar-refractivity contribution is -0.133. The lowest BCUT2D eigenvalue weighted by Gasteiger charge is -2.29. The SMILES string of the molecule is CC(C)(C)c1ccc(S(=O)(=O)N(CCCN2CCOCC2)CC(=O)N(Cc2ccc3c(c2)OCO3)Cc2ccco2)cc1. The minimum Gasteiger partial charge on any atom is -0.467 e. The number of carbonyl (C=O) groups is 1. The van der Waals surface area contributed by atoms with Crippen LogP contribution in [0, 0.1) is 0 Å². The van der Waals surface area contributed by atoms with Crippen LogP contribution in [0.3, 0.4) is 0 Å². The highest BCUT2D eigenvalue weighted by Gasteiger charge is 2.30. The zero-order valence-corrected chi connectivity index (χ0v) is 26.0. The minimum atomic E-state index is -3.96. The lowest BCUT2D eigenvalue weighted by atomic mass is 9.87. The Hall–Kier alpha value is -3.38. The lowest BCUT2D eigenvalue weighted by Crippen LogP contribution is -2.44. The number of amides is 1. The van der Waals surface area contributed by atoms with E-state index >= 15 is 0 Å². The van der Waals surface area contributed by atoms with E-state index in [2.05, 4.69) is 25.7 Å². The Bertz CT molecular complexity index is 1460. The topological polar surface area (TPSA) is 102 Å². The monoisotopic (exact) mass is 611 g/mol. The summed E-state index contributed by atoms with van der Waals surface area (Å²) in [5.74, 6) is 1.56. The van der Waals surface area contributed by atoms with E-state index < -0.39 is 10.0 Å². The molecule has 1 amide bonds. The number of sulfonamides is 1. The van der Waals surface area contributed by atoms with Crippen molar-refractivity contribution in [2.75, 3.05) is 52.7 Å². The molecule has 2 aromatic carbocycles. The van der Waals surface area contributed by atoms with Crippen LogP contribution >= 0.6 is 0 Å². The van der Waals surface area contributed by atoms with Crippen molar-refractivity contribution in [3.63, 3.8) is 0 Å². The summed E-state index contributed by atoms with van der Waals surface area (Å²) >= 11 is 0. The normalized spacial score (nSPS) is 15.6. The van der Waals surface area contributed by atoms with Crippen LogP contribution in [0.25, 0.3) is 0 Å². The second-order valence-corrected chi connectivity index (χ2v) is 13.9. The zero-order chi connectivity index (χ0) is 30.5.